The minimum Gasteiger partial charge on any atom is -0.485 e. The van der Waals surface area contributed by atoms with Crippen molar-refractivity contribution in [2.75, 3.05) is 18.2 Å². The third-order valence-corrected chi connectivity index (χ3v) is 6.84. The number of amides is 1. The molecule has 1 N–H and O–H groups in total. The van der Waals surface area contributed by atoms with Crippen LogP contribution in [0.1, 0.15) is 33.5 Å². The first-order valence-electron chi connectivity index (χ1n) is 10.3. The van der Waals surface area contributed by atoms with E-state index < -0.39 is 5.97 Å². The second-order valence-corrected chi connectivity index (χ2v) is 9.07. The van der Waals surface area contributed by atoms with Gasteiger partial charge in [-0.25, -0.2) is 4.79 Å². The van der Waals surface area contributed by atoms with E-state index in [0.717, 1.165) is 22.6 Å². The molecule has 0 saturated carbocycles. The summed E-state index contributed by atoms with van der Waals surface area (Å²) < 4.78 is 12.6. The predicted molar refractivity (Wildman–Crippen MR) is 130 cm³/mol. The van der Waals surface area contributed by atoms with Gasteiger partial charge in [-0.15, -0.1) is 28.1 Å². The van der Waals surface area contributed by atoms with Gasteiger partial charge in [0.25, 0.3) is 0 Å². The van der Waals surface area contributed by atoms with Crippen molar-refractivity contribution in [1.29, 1.82) is 0 Å². The molecule has 2 aromatic heterocycles. The van der Waals surface area contributed by atoms with Crippen LogP contribution in [0.25, 0.3) is 0 Å². The number of methoxy groups -OCH3 is 1. The van der Waals surface area contributed by atoms with Crippen molar-refractivity contribution in [1.82, 2.24) is 14.8 Å². The van der Waals surface area contributed by atoms with Gasteiger partial charge < -0.3 is 14.8 Å². The van der Waals surface area contributed by atoms with Crippen molar-refractivity contribution < 1.29 is 19.1 Å². The molecule has 0 fully saturated rings. The Bertz CT molecular complexity index is 1140. The zero-order valence-corrected chi connectivity index (χ0v) is 20.4. The van der Waals surface area contributed by atoms with Gasteiger partial charge in [-0.3, -0.25) is 9.36 Å². The smallest absolute Gasteiger partial charge is 0.340 e. The zero-order chi connectivity index (χ0) is 23.8. The quantitative estimate of drug-likeness (QED) is 0.242. The summed E-state index contributed by atoms with van der Waals surface area (Å²) in [6.07, 6.45) is 2.50. The van der Waals surface area contributed by atoms with Crippen LogP contribution in [0.15, 0.2) is 48.1 Å². The predicted octanol–water partition coefficient (Wildman–Crippen LogP) is 4.49. The summed E-state index contributed by atoms with van der Waals surface area (Å²) in [6.45, 7) is 8.50. The first-order chi connectivity index (χ1) is 16.0. The van der Waals surface area contributed by atoms with Gasteiger partial charge in [0.1, 0.15) is 17.4 Å². The maximum absolute atomic E-state index is 12.6. The molecule has 2 heterocycles. The lowest BCUT2D eigenvalue weighted by atomic mass is 10.2. The summed E-state index contributed by atoms with van der Waals surface area (Å²) in [7, 11) is 1.32. The molecule has 0 aliphatic heterocycles. The highest BCUT2D eigenvalue weighted by Crippen LogP contribution is 2.30. The minimum absolute atomic E-state index is 0.105. The third kappa shape index (κ3) is 6.23. The summed E-state index contributed by atoms with van der Waals surface area (Å²) in [5.74, 6) is 0.801. The lowest BCUT2D eigenvalue weighted by Crippen LogP contribution is -2.16. The topological polar surface area (TPSA) is 95.3 Å². The Morgan fingerprint density at radius 3 is 2.79 bits per heavy atom. The number of para-hydroxylation sites is 1. The van der Waals surface area contributed by atoms with Crippen molar-refractivity contribution in [2.45, 2.75) is 38.6 Å². The molecule has 3 rings (SSSR count). The van der Waals surface area contributed by atoms with Crippen LogP contribution in [0.4, 0.5) is 5.00 Å². The number of esters is 1. The largest absolute Gasteiger partial charge is 0.485 e. The number of hydrogen-bond acceptors (Lipinski definition) is 8. The molecule has 0 atom stereocenters. The van der Waals surface area contributed by atoms with E-state index in [1.54, 1.807) is 12.1 Å². The molecule has 174 valence electrons. The Balaban J connectivity index is 1.66. The first kappa shape index (κ1) is 24.5. The lowest BCUT2D eigenvalue weighted by Gasteiger charge is -2.10. The first-order valence-corrected chi connectivity index (χ1v) is 12.1. The van der Waals surface area contributed by atoms with Crippen LogP contribution in [0.2, 0.25) is 0 Å². The number of nitrogens with one attached hydrogen (secondary N) is 1. The maximum Gasteiger partial charge on any atom is 0.340 e. The highest BCUT2D eigenvalue weighted by molar-refractivity contribution is 7.99. The van der Waals surface area contributed by atoms with E-state index in [0.29, 0.717) is 28.1 Å². The van der Waals surface area contributed by atoms with Crippen molar-refractivity contribution >= 4 is 40.0 Å². The number of carbonyl (C=O) groups excluding carboxylic acids is 2. The van der Waals surface area contributed by atoms with E-state index in [-0.39, 0.29) is 18.3 Å². The fourth-order valence-electron chi connectivity index (χ4n) is 2.97. The second-order valence-electron chi connectivity index (χ2n) is 6.99. The van der Waals surface area contributed by atoms with E-state index in [9.17, 15) is 9.59 Å². The summed E-state index contributed by atoms with van der Waals surface area (Å²) in [4.78, 5) is 25.6. The second kappa shape index (κ2) is 11.7. The van der Waals surface area contributed by atoms with Gasteiger partial charge in [-0.2, -0.15) is 0 Å². The third-order valence-electron chi connectivity index (χ3n) is 4.68. The molecule has 0 aliphatic carbocycles. The number of thiophene rings is 1. The molecule has 1 amide bonds. The van der Waals surface area contributed by atoms with E-state index in [2.05, 4.69) is 22.1 Å². The average Bonchev–Trinajstić information content (AvgIpc) is 3.40. The fourth-order valence-corrected chi connectivity index (χ4v) is 4.74. The van der Waals surface area contributed by atoms with Gasteiger partial charge in [0.2, 0.25) is 5.91 Å². The Hall–Kier alpha value is -3.11. The van der Waals surface area contributed by atoms with Gasteiger partial charge in [0.05, 0.1) is 18.4 Å². The number of aryl methyl sites for hydroxylation is 2. The molecule has 0 unspecified atom stereocenters. The van der Waals surface area contributed by atoms with Crippen molar-refractivity contribution in [3.63, 3.8) is 0 Å². The Labute approximate surface area is 201 Å². The number of hydrogen-bond donors (Lipinski definition) is 1. The molecular weight excluding hydrogens is 460 g/mol. The van der Waals surface area contributed by atoms with Crippen molar-refractivity contribution in [3.05, 3.63) is 64.8 Å². The Kier molecular flexibility index (Phi) is 8.67. The molecule has 0 bridgehead atoms. The molecule has 0 saturated heterocycles. The number of nitrogens with zero attached hydrogens (tertiary/aromatic N) is 3. The van der Waals surface area contributed by atoms with E-state index in [1.807, 2.05) is 42.7 Å². The maximum atomic E-state index is 12.6. The average molecular weight is 487 g/mol. The van der Waals surface area contributed by atoms with Crippen LogP contribution < -0.4 is 10.1 Å². The van der Waals surface area contributed by atoms with Gasteiger partial charge >= 0.3 is 5.97 Å². The minimum atomic E-state index is -0.474. The Morgan fingerprint density at radius 1 is 1.30 bits per heavy atom. The van der Waals surface area contributed by atoms with Crippen LogP contribution in [0.5, 0.6) is 5.75 Å². The highest BCUT2D eigenvalue weighted by Gasteiger charge is 2.19. The van der Waals surface area contributed by atoms with E-state index >= 15 is 0 Å². The molecule has 10 heteroatoms. The number of allylic oxidation sites excluding steroid dienone is 1. The molecule has 1 aromatic carbocycles. The SMILES string of the molecule is C=CCn1c(COc2ccccc2C)nnc1SCC(=O)Nc1sc(CC)cc1C(=O)OC. The normalized spacial score (nSPS) is 10.6. The van der Waals surface area contributed by atoms with E-state index in [1.165, 1.54) is 30.2 Å². The van der Waals surface area contributed by atoms with E-state index in [4.69, 9.17) is 9.47 Å². The summed E-state index contributed by atoms with van der Waals surface area (Å²) in [5.41, 5.74) is 1.40. The fraction of sp³-hybridized carbons (Fsp3) is 0.304. The molecule has 0 aliphatic rings. The molecular formula is C23H26N4O4S2. The molecule has 3 aromatic rings. The van der Waals surface area contributed by atoms with Gasteiger partial charge in [-0.1, -0.05) is 43.0 Å². The molecule has 0 radical (unpaired) electrons. The standard InChI is InChI=1S/C23H26N4O4S2/c1-5-11-27-19(13-31-18-10-8-7-9-15(18)3)25-26-23(27)32-14-20(28)24-21-17(22(29)30-4)12-16(6-2)33-21/h5,7-10,12H,1,6,11,13-14H2,2-4H3,(H,24,28). The molecule has 0 spiro atoms. The number of anilines is 1. The molecule has 33 heavy (non-hydrogen) atoms. The van der Waals surface area contributed by atoms with Crippen molar-refractivity contribution in [2.24, 2.45) is 0 Å². The highest BCUT2D eigenvalue weighted by atomic mass is 32.2. The van der Waals surface area contributed by atoms with Crippen LogP contribution in [0.3, 0.4) is 0 Å². The zero-order valence-electron chi connectivity index (χ0n) is 18.8. The monoisotopic (exact) mass is 486 g/mol. The Morgan fingerprint density at radius 2 is 2.09 bits per heavy atom. The summed E-state index contributed by atoms with van der Waals surface area (Å²) >= 11 is 2.62. The summed E-state index contributed by atoms with van der Waals surface area (Å²) in [6, 6.07) is 9.50. The number of thioether (sulfide) groups is 1. The number of benzene rings is 1. The number of aromatic nitrogens is 3. The number of carbonyl (C=O) groups is 2. The van der Waals surface area contributed by atoms with Gasteiger partial charge in [-0.05, 0) is 31.0 Å². The number of ether oxygens (including phenoxy) is 2. The van der Waals surface area contributed by atoms with Crippen LogP contribution in [0, 0.1) is 6.92 Å². The van der Waals surface area contributed by atoms with Crippen LogP contribution in [-0.2, 0) is 29.1 Å². The van der Waals surface area contributed by atoms with Crippen molar-refractivity contribution in [3.8, 4) is 5.75 Å². The number of rotatable bonds is 11. The lowest BCUT2D eigenvalue weighted by molar-refractivity contribution is -0.113. The van der Waals surface area contributed by atoms with Gasteiger partial charge in [0, 0.05) is 11.4 Å². The summed E-state index contributed by atoms with van der Waals surface area (Å²) in [5, 5.41) is 12.3. The van der Waals surface area contributed by atoms with Gasteiger partial charge in [0.15, 0.2) is 11.0 Å². The van der Waals surface area contributed by atoms with Crippen LogP contribution >= 0.6 is 23.1 Å². The molecule has 8 nitrogen and oxygen atoms in total. The van der Waals surface area contributed by atoms with Crippen LogP contribution in [-0.4, -0.2) is 39.5 Å².